The Labute approximate surface area is 93.9 Å². The Bertz CT molecular complexity index is 392. The highest BCUT2D eigenvalue weighted by atomic mass is 32.1. The van der Waals surface area contributed by atoms with Gasteiger partial charge in [0.2, 0.25) is 0 Å². The Morgan fingerprint density at radius 2 is 2.07 bits per heavy atom. The smallest absolute Gasteiger partial charge is 0.118 e. The molecule has 1 N–H and O–H groups in total. The zero-order chi connectivity index (χ0) is 11.1. The molecule has 0 radical (unpaired) electrons. The second-order valence-corrected chi connectivity index (χ2v) is 4.17. The lowest BCUT2D eigenvalue weighted by atomic mass is 10.2. The van der Waals surface area contributed by atoms with E-state index in [9.17, 15) is 0 Å². The molecule has 0 atom stereocenters. The SMILES string of the molecule is COc1ccc(C#CC[SH]=C(C)O)cc1. The van der Waals surface area contributed by atoms with Gasteiger partial charge in [-0.05, 0) is 31.2 Å². The molecule has 1 rings (SSSR count). The van der Waals surface area contributed by atoms with Crippen molar-refractivity contribution in [3.63, 3.8) is 0 Å². The first-order valence-corrected chi connectivity index (χ1v) is 5.63. The van der Waals surface area contributed by atoms with Crippen LogP contribution in [0.1, 0.15) is 12.5 Å². The van der Waals surface area contributed by atoms with Gasteiger partial charge in [0.15, 0.2) is 0 Å². The molecule has 0 bridgehead atoms. The van der Waals surface area contributed by atoms with E-state index in [-0.39, 0.29) is 0 Å². The first-order valence-electron chi connectivity index (χ1n) is 4.55. The van der Waals surface area contributed by atoms with E-state index < -0.39 is 0 Å². The minimum atomic E-state index is 0.402. The van der Waals surface area contributed by atoms with Crippen LogP contribution in [-0.4, -0.2) is 23.0 Å². The monoisotopic (exact) mass is 222 g/mol. The molecule has 0 amide bonds. The van der Waals surface area contributed by atoms with Crippen molar-refractivity contribution < 1.29 is 9.84 Å². The number of hydrogen-bond acceptors (Lipinski definition) is 1. The van der Waals surface area contributed by atoms with Crippen LogP contribution < -0.4 is 4.74 Å². The van der Waals surface area contributed by atoms with Crippen LogP contribution in [0, 0.1) is 11.8 Å². The summed E-state index contributed by atoms with van der Waals surface area (Å²) < 4.78 is 5.04. The van der Waals surface area contributed by atoms with E-state index in [2.05, 4.69) is 11.8 Å². The fourth-order valence-electron chi connectivity index (χ4n) is 0.970. The van der Waals surface area contributed by atoms with E-state index in [0.29, 0.717) is 10.8 Å². The lowest BCUT2D eigenvalue weighted by molar-refractivity contribution is 0.415. The van der Waals surface area contributed by atoms with Crippen LogP contribution in [0.5, 0.6) is 5.75 Å². The minimum absolute atomic E-state index is 0.402. The molecule has 15 heavy (non-hydrogen) atoms. The summed E-state index contributed by atoms with van der Waals surface area (Å²) >= 11 is 0.872. The minimum Gasteiger partial charge on any atom is -0.497 e. The standard InChI is InChI=1S/C12H14O2S/c1-10(13)15-9-3-4-11-5-7-12(14-2)8-6-11/h5-8,13,15H,9H2,1-2H3. The van der Waals surface area contributed by atoms with Crippen molar-refractivity contribution in [2.45, 2.75) is 6.92 Å². The Morgan fingerprint density at radius 1 is 1.40 bits per heavy atom. The lowest BCUT2D eigenvalue weighted by Crippen LogP contribution is -1.83. The van der Waals surface area contributed by atoms with E-state index in [1.54, 1.807) is 14.0 Å². The largest absolute Gasteiger partial charge is 0.497 e. The number of benzene rings is 1. The quantitative estimate of drug-likeness (QED) is 0.456. The second-order valence-electron chi connectivity index (χ2n) is 2.89. The van der Waals surface area contributed by atoms with Crippen LogP contribution in [0.2, 0.25) is 0 Å². The van der Waals surface area contributed by atoms with Crippen molar-refractivity contribution in [1.29, 1.82) is 0 Å². The maximum Gasteiger partial charge on any atom is 0.118 e. The molecule has 1 aromatic rings. The van der Waals surface area contributed by atoms with E-state index >= 15 is 0 Å². The first-order chi connectivity index (χ1) is 7.22. The van der Waals surface area contributed by atoms with Gasteiger partial charge in [-0.15, -0.1) is 0 Å². The number of rotatable bonds is 2. The van der Waals surface area contributed by atoms with Crippen LogP contribution in [0.15, 0.2) is 24.3 Å². The molecule has 0 saturated carbocycles. The maximum absolute atomic E-state index is 8.94. The van der Waals surface area contributed by atoms with E-state index in [1.165, 1.54) is 0 Å². The normalized spacial score (nSPS) is 11.0. The molecule has 0 aliphatic heterocycles. The molecule has 80 valence electrons. The Hall–Kier alpha value is -1.24. The van der Waals surface area contributed by atoms with Gasteiger partial charge in [-0.3, -0.25) is 0 Å². The second kappa shape index (κ2) is 6.28. The number of hydrogen-bond donors (Lipinski definition) is 2. The van der Waals surface area contributed by atoms with Gasteiger partial charge in [0.1, 0.15) is 5.75 Å². The molecular weight excluding hydrogens is 208 g/mol. The van der Waals surface area contributed by atoms with E-state index in [1.807, 2.05) is 24.3 Å². The van der Waals surface area contributed by atoms with Gasteiger partial charge < -0.3 is 9.84 Å². The van der Waals surface area contributed by atoms with Crippen LogP contribution in [0.3, 0.4) is 0 Å². The summed E-state index contributed by atoms with van der Waals surface area (Å²) in [6, 6.07) is 7.59. The van der Waals surface area contributed by atoms with Crippen molar-refractivity contribution in [1.82, 2.24) is 0 Å². The van der Waals surface area contributed by atoms with Crippen LogP contribution in [0.4, 0.5) is 0 Å². The summed E-state index contributed by atoms with van der Waals surface area (Å²) in [6.07, 6.45) is 0. The topological polar surface area (TPSA) is 29.5 Å². The number of aliphatic hydroxyl groups is 1. The molecule has 0 fully saturated rings. The molecule has 0 aromatic heterocycles. The van der Waals surface area contributed by atoms with Crippen molar-refractivity contribution in [2.75, 3.05) is 12.9 Å². The van der Waals surface area contributed by atoms with Crippen LogP contribution in [0.25, 0.3) is 0 Å². The molecule has 0 saturated heterocycles. The Kier molecular flexibility index (Phi) is 4.96. The highest BCUT2D eigenvalue weighted by Gasteiger charge is 1.88. The maximum atomic E-state index is 8.94. The third-order valence-electron chi connectivity index (χ3n) is 1.71. The summed E-state index contributed by atoms with van der Waals surface area (Å²) in [6.45, 7) is 1.68. The molecular formula is C12H14O2S. The van der Waals surface area contributed by atoms with Gasteiger partial charge in [-0.1, -0.05) is 11.8 Å². The molecule has 3 heteroatoms. The third kappa shape index (κ3) is 4.68. The molecule has 0 aliphatic rings. The van der Waals surface area contributed by atoms with Crippen molar-refractivity contribution in [3.05, 3.63) is 29.8 Å². The number of ether oxygens (including phenoxy) is 1. The van der Waals surface area contributed by atoms with Crippen molar-refractivity contribution >= 4 is 16.4 Å². The van der Waals surface area contributed by atoms with E-state index in [0.717, 1.165) is 22.7 Å². The van der Waals surface area contributed by atoms with Crippen molar-refractivity contribution in [3.8, 4) is 17.6 Å². The molecule has 2 nitrogen and oxygen atoms in total. The third-order valence-corrected chi connectivity index (χ3v) is 2.48. The molecule has 0 spiro atoms. The number of methoxy groups -OCH3 is 1. The highest BCUT2D eigenvalue weighted by Crippen LogP contribution is 2.10. The van der Waals surface area contributed by atoms with Gasteiger partial charge in [0, 0.05) is 11.3 Å². The summed E-state index contributed by atoms with van der Waals surface area (Å²) in [5, 5.41) is 9.34. The van der Waals surface area contributed by atoms with Gasteiger partial charge in [0.25, 0.3) is 0 Å². The summed E-state index contributed by atoms with van der Waals surface area (Å²) in [4.78, 5) is 0. The Balaban J connectivity index is 2.60. The molecule has 0 unspecified atom stereocenters. The fourth-order valence-corrected chi connectivity index (χ4v) is 1.36. The average Bonchev–Trinajstić information content (AvgIpc) is 2.25. The molecule has 0 aliphatic carbocycles. The zero-order valence-electron chi connectivity index (χ0n) is 8.82. The van der Waals surface area contributed by atoms with E-state index in [4.69, 9.17) is 9.84 Å². The summed E-state index contributed by atoms with van der Waals surface area (Å²) in [5.74, 6) is 7.49. The fraction of sp³-hybridized carbons (Fsp3) is 0.250. The average molecular weight is 222 g/mol. The number of thiol groups is 1. The lowest BCUT2D eigenvalue weighted by Gasteiger charge is -1.97. The van der Waals surface area contributed by atoms with Gasteiger partial charge in [0.05, 0.1) is 12.2 Å². The van der Waals surface area contributed by atoms with Gasteiger partial charge >= 0.3 is 0 Å². The first kappa shape index (κ1) is 11.8. The molecule has 0 heterocycles. The predicted octanol–water partition coefficient (Wildman–Crippen LogP) is 2.22. The predicted molar refractivity (Wildman–Crippen MR) is 67.0 cm³/mol. The van der Waals surface area contributed by atoms with Crippen LogP contribution >= 0.6 is 11.4 Å². The highest BCUT2D eigenvalue weighted by molar-refractivity contribution is 7.98. The molecule has 1 aromatic carbocycles. The summed E-state index contributed by atoms with van der Waals surface area (Å²) in [5.41, 5.74) is 0.960. The Morgan fingerprint density at radius 3 is 2.60 bits per heavy atom. The van der Waals surface area contributed by atoms with Crippen molar-refractivity contribution in [2.24, 2.45) is 0 Å². The van der Waals surface area contributed by atoms with Crippen LogP contribution in [-0.2, 0) is 0 Å². The van der Waals surface area contributed by atoms with Gasteiger partial charge in [-0.25, -0.2) is 0 Å². The summed E-state index contributed by atoms with van der Waals surface area (Å²) in [7, 11) is 1.64. The zero-order valence-corrected chi connectivity index (χ0v) is 9.71. The van der Waals surface area contributed by atoms with Gasteiger partial charge in [-0.2, -0.15) is 11.4 Å². The number of aliphatic hydroxyl groups excluding tert-OH is 1.